The van der Waals surface area contributed by atoms with Gasteiger partial charge in [-0.1, -0.05) is 65.2 Å². The second-order valence-electron chi connectivity index (χ2n) is 9.11. The molecule has 0 aromatic heterocycles. The molecule has 5 heteroatoms. The van der Waals surface area contributed by atoms with Crippen LogP contribution in [0.3, 0.4) is 0 Å². The summed E-state index contributed by atoms with van der Waals surface area (Å²) in [7, 11) is 0. The van der Waals surface area contributed by atoms with E-state index in [4.69, 9.17) is 4.74 Å². The lowest BCUT2D eigenvalue weighted by Gasteiger charge is -2.38. The average Bonchev–Trinajstić information content (AvgIpc) is 2.56. The smallest absolute Gasteiger partial charge is 0.108 e. The fraction of sp³-hybridized carbons (Fsp3) is 1.00. The van der Waals surface area contributed by atoms with E-state index in [-0.39, 0.29) is 0 Å². The van der Waals surface area contributed by atoms with E-state index in [9.17, 15) is 20.4 Å². The summed E-state index contributed by atoms with van der Waals surface area (Å²) in [6.45, 7) is 10.6. The number of ether oxygens (including phenoxy) is 1. The molecule has 0 radical (unpaired) electrons. The van der Waals surface area contributed by atoms with E-state index < -0.39 is 35.6 Å². The monoisotopic (exact) mass is 390 g/mol. The minimum atomic E-state index is -1.29. The topological polar surface area (TPSA) is 90.2 Å². The van der Waals surface area contributed by atoms with Crippen molar-refractivity contribution in [1.82, 2.24) is 0 Å². The van der Waals surface area contributed by atoms with Gasteiger partial charge in [0.2, 0.25) is 0 Å². The minimum Gasteiger partial charge on any atom is -0.388 e. The van der Waals surface area contributed by atoms with Gasteiger partial charge in [0.15, 0.2) is 0 Å². The maximum Gasteiger partial charge on any atom is 0.108 e. The van der Waals surface area contributed by atoms with Crippen molar-refractivity contribution >= 4 is 0 Å². The molecule has 0 amide bonds. The summed E-state index contributed by atoms with van der Waals surface area (Å²) in [5.74, 6) is 0. The first-order chi connectivity index (χ1) is 12.4. The molecule has 164 valence electrons. The predicted octanol–water partition coefficient (Wildman–Crippen LogP) is 3.94. The number of hydrogen-bond donors (Lipinski definition) is 4. The molecular weight excluding hydrogens is 344 g/mol. The van der Waals surface area contributed by atoms with Crippen LogP contribution in [-0.4, -0.2) is 56.0 Å². The third kappa shape index (κ3) is 11.4. The summed E-state index contributed by atoms with van der Waals surface area (Å²) in [6.07, 6.45) is 6.37. The van der Waals surface area contributed by atoms with E-state index in [0.29, 0.717) is 12.8 Å². The quantitative estimate of drug-likeness (QED) is 0.300. The molecule has 0 rings (SSSR count). The van der Waals surface area contributed by atoms with Gasteiger partial charge >= 0.3 is 0 Å². The van der Waals surface area contributed by atoms with Crippen LogP contribution in [0.25, 0.3) is 0 Å². The van der Waals surface area contributed by atoms with Crippen LogP contribution in [0.1, 0.15) is 106 Å². The first-order valence-electron chi connectivity index (χ1n) is 10.9. The lowest BCUT2D eigenvalue weighted by atomic mass is 9.90. The van der Waals surface area contributed by atoms with Crippen LogP contribution in [-0.2, 0) is 4.74 Å². The van der Waals surface area contributed by atoms with Gasteiger partial charge in [-0.25, -0.2) is 0 Å². The summed E-state index contributed by atoms with van der Waals surface area (Å²) in [5, 5.41) is 41.8. The van der Waals surface area contributed by atoms with Crippen LogP contribution in [0.2, 0.25) is 0 Å². The summed E-state index contributed by atoms with van der Waals surface area (Å²) in [5.41, 5.74) is -2.58. The van der Waals surface area contributed by atoms with Gasteiger partial charge in [0, 0.05) is 0 Å². The van der Waals surface area contributed by atoms with Gasteiger partial charge < -0.3 is 25.2 Å². The van der Waals surface area contributed by atoms with Crippen molar-refractivity contribution in [2.24, 2.45) is 0 Å². The molecule has 0 aliphatic carbocycles. The molecule has 0 saturated heterocycles. The molecule has 0 heterocycles. The molecule has 0 spiro atoms. The normalized spacial score (nSPS) is 17.6. The third-order valence-corrected chi connectivity index (χ3v) is 5.19. The van der Waals surface area contributed by atoms with Gasteiger partial charge in [-0.2, -0.15) is 0 Å². The maximum atomic E-state index is 10.6. The second-order valence-corrected chi connectivity index (χ2v) is 9.11. The molecule has 0 aromatic rings. The Kier molecular flexibility index (Phi) is 13.0. The lowest BCUT2D eigenvalue weighted by molar-refractivity contribution is -0.190. The Labute approximate surface area is 167 Å². The summed E-state index contributed by atoms with van der Waals surface area (Å²) in [6, 6.07) is 0. The Morgan fingerprint density at radius 1 is 0.630 bits per heavy atom. The SMILES string of the molecule is CCCCCCC(OC(CCCCCC)C(O)C(C)(C)O)C(O)C(C)(C)O. The van der Waals surface area contributed by atoms with Gasteiger partial charge in [-0.15, -0.1) is 0 Å². The fourth-order valence-corrected chi connectivity index (χ4v) is 3.28. The number of hydrogen-bond acceptors (Lipinski definition) is 5. The van der Waals surface area contributed by atoms with Crippen molar-refractivity contribution in [2.75, 3.05) is 0 Å². The number of rotatable bonds is 16. The molecule has 4 N–H and O–H groups in total. The van der Waals surface area contributed by atoms with E-state index in [1.807, 2.05) is 0 Å². The summed E-state index contributed by atoms with van der Waals surface area (Å²) < 4.78 is 6.17. The van der Waals surface area contributed by atoms with Crippen LogP contribution in [0.5, 0.6) is 0 Å². The standard InChI is InChI=1S/C22H46O5/c1-7-9-11-13-15-17(19(23)21(3,4)25)27-18(16-14-12-10-8-2)20(24)22(5,6)26/h17-20,23-26H,7-16H2,1-6H3. The highest BCUT2D eigenvalue weighted by Gasteiger charge is 2.38. The zero-order chi connectivity index (χ0) is 21.1. The Morgan fingerprint density at radius 2 is 0.963 bits per heavy atom. The van der Waals surface area contributed by atoms with Crippen LogP contribution in [0, 0.1) is 0 Å². The third-order valence-electron chi connectivity index (χ3n) is 5.19. The molecule has 4 unspecified atom stereocenters. The lowest BCUT2D eigenvalue weighted by Crippen LogP contribution is -2.51. The first kappa shape index (κ1) is 26.8. The first-order valence-corrected chi connectivity index (χ1v) is 10.9. The Balaban J connectivity index is 5.16. The maximum absolute atomic E-state index is 10.6. The molecule has 0 saturated carbocycles. The zero-order valence-electron chi connectivity index (χ0n) is 18.6. The van der Waals surface area contributed by atoms with Crippen molar-refractivity contribution in [3.05, 3.63) is 0 Å². The predicted molar refractivity (Wildman–Crippen MR) is 111 cm³/mol. The van der Waals surface area contributed by atoms with Gasteiger partial charge in [-0.3, -0.25) is 0 Å². The van der Waals surface area contributed by atoms with E-state index in [1.165, 1.54) is 0 Å². The average molecular weight is 391 g/mol. The van der Waals surface area contributed by atoms with E-state index in [1.54, 1.807) is 27.7 Å². The van der Waals surface area contributed by atoms with E-state index >= 15 is 0 Å². The van der Waals surface area contributed by atoms with Gasteiger partial charge in [0.25, 0.3) is 0 Å². The van der Waals surface area contributed by atoms with Crippen molar-refractivity contribution in [3.8, 4) is 0 Å². The molecule has 27 heavy (non-hydrogen) atoms. The summed E-state index contributed by atoms with van der Waals surface area (Å²) >= 11 is 0. The molecule has 0 aromatic carbocycles. The Morgan fingerprint density at radius 3 is 1.22 bits per heavy atom. The van der Waals surface area contributed by atoms with Crippen LogP contribution < -0.4 is 0 Å². The van der Waals surface area contributed by atoms with E-state index in [2.05, 4.69) is 13.8 Å². The van der Waals surface area contributed by atoms with Gasteiger partial charge in [0.05, 0.1) is 23.4 Å². The van der Waals surface area contributed by atoms with Crippen LogP contribution in [0.15, 0.2) is 0 Å². The van der Waals surface area contributed by atoms with Crippen molar-refractivity contribution in [3.63, 3.8) is 0 Å². The molecular formula is C22H46O5. The number of unbranched alkanes of at least 4 members (excludes halogenated alkanes) is 6. The van der Waals surface area contributed by atoms with Crippen LogP contribution >= 0.6 is 0 Å². The minimum absolute atomic E-state index is 0.574. The van der Waals surface area contributed by atoms with Gasteiger partial charge in [-0.05, 0) is 40.5 Å². The highest BCUT2D eigenvalue weighted by molar-refractivity contribution is 4.88. The highest BCUT2D eigenvalue weighted by atomic mass is 16.5. The molecule has 5 nitrogen and oxygen atoms in total. The van der Waals surface area contributed by atoms with Crippen LogP contribution in [0.4, 0.5) is 0 Å². The molecule has 0 bridgehead atoms. The number of aliphatic hydroxyl groups is 4. The summed E-state index contributed by atoms with van der Waals surface area (Å²) in [4.78, 5) is 0. The van der Waals surface area contributed by atoms with Crippen molar-refractivity contribution < 1.29 is 25.2 Å². The fourth-order valence-electron chi connectivity index (χ4n) is 3.28. The Bertz CT molecular complexity index is 325. The van der Waals surface area contributed by atoms with Crippen molar-refractivity contribution in [2.45, 2.75) is 141 Å². The van der Waals surface area contributed by atoms with Gasteiger partial charge in [0.1, 0.15) is 12.2 Å². The van der Waals surface area contributed by atoms with Crippen molar-refractivity contribution in [1.29, 1.82) is 0 Å². The molecule has 0 aliphatic heterocycles. The molecule has 0 fully saturated rings. The molecule has 4 atom stereocenters. The second kappa shape index (κ2) is 13.1. The zero-order valence-corrected chi connectivity index (χ0v) is 18.6. The van der Waals surface area contributed by atoms with E-state index in [0.717, 1.165) is 51.4 Å². The largest absolute Gasteiger partial charge is 0.388 e. The Hall–Kier alpha value is -0.200. The highest BCUT2D eigenvalue weighted by Crippen LogP contribution is 2.26. The molecule has 0 aliphatic rings. The number of aliphatic hydroxyl groups excluding tert-OH is 2.